The Balaban J connectivity index is 1.61. The van der Waals surface area contributed by atoms with E-state index in [1.165, 1.54) is 0 Å². The highest BCUT2D eigenvalue weighted by Gasteiger charge is 2.47. The van der Waals surface area contributed by atoms with E-state index in [1.54, 1.807) is 0 Å². The second-order valence-electron chi connectivity index (χ2n) is 7.66. The average Bonchev–Trinajstić information content (AvgIpc) is 3.06. The molecule has 18 nitrogen and oxygen atoms in total. The highest BCUT2D eigenvalue weighted by Crippen LogP contribution is 2.59. The van der Waals surface area contributed by atoms with Crippen molar-refractivity contribution in [3.05, 3.63) is 33.1 Å². The summed E-state index contributed by atoms with van der Waals surface area (Å²) in [7, 11) is -11.2. The molecule has 5 unspecified atom stereocenters. The molecule has 0 saturated carbocycles. The zero-order valence-electron chi connectivity index (χ0n) is 17.8. The van der Waals surface area contributed by atoms with Crippen molar-refractivity contribution >= 4 is 28.3 Å². The van der Waals surface area contributed by atoms with Crippen molar-refractivity contribution in [2.75, 3.05) is 13.2 Å². The van der Waals surface area contributed by atoms with Crippen LogP contribution in [0.3, 0.4) is 0 Å². The van der Waals surface area contributed by atoms with Crippen LogP contribution in [0.25, 0.3) is 0 Å². The van der Waals surface area contributed by atoms with Crippen LogP contribution in [-0.2, 0) is 32.0 Å². The maximum absolute atomic E-state index is 12.2. The van der Waals surface area contributed by atoms with Crippen LogP contribution < -0.4 is 16.1 Å². The third-order valence-corrected chi connectivity index (χ3v) is 8.26. The van der Waals surface area contributed by atoms with Gasteiger partial charge in [-0.2, -0.15) is 12.6 Å². The minimum atomic E-state index is -5.73. The van der Waals surface area contributed by atoms with Crippen LogP contribution in [0.4, 0.5) is 0 Å². The minimum absolute atomic E-state index is 0.729. The molecule has 21 heteroatoms. The first-order valence-corrected chi connectivity index (χ1v) is 13.4. The van der Waals surface area contributed by atoms with Crippen molar-refractivity contribution < 1.29 is 67.3 Å². The first-order valence-electron chi connectivity index (χ1n) is 9.97. The third-order valence-electron chi connectivity index (χ3n) is 5.15. The van der Waals surface area contributed by atoms with Crippen molar-refractivity contribution in [3.8, 4) is 0 Å². The van der Waals surface area contributed by atoms with Crippen molar-refractivity contribution in [3.63, 3.8) is 0 Å². The number of nitrogens with zero attached hydrogens (tertiary/aromatic N) is 1. The number of aliphatic hydroxyl groups is 5. The van der Waals surface area contributed by atoms with Gasteiger partial charge in [0.2, 0.25) is 0 Å². The van der Waals surface area contributed by atoms with Crippen molar-refractivity contribution in [2.24, 2.45) is 0 Å². The number of hydrogen-bond donors (Lipinski definition) is 8. The first kappa shape index (κ1) is 29.6. The Morgan fingerprint density at radius 1 is 1.08 bits per heavy atom. The number of thiol groups is 1. The molecule has 2 aliphatic rings. The number of hydrogen-bond acceptors (Lipinski definition) is 16. The largest absolute Gasteiger partial charge is 0.756 e. The van der Waals surface area contributed by atoms with Crippen LogP contribution >= 0.6 is 28.3 Å². The van der Waals surface area contributed by atoms with E-state index in [2.05, 4.69) is 26.0 Å². The van der Waals surface area contributed by atoms with Crippen molar-refractivity contribution in [2.45, 2.75) is 54.4 Å². The monoisotopic (exact) mass is 581 g/mol. The molecule has 3 heterocycles. The first-order chi connectivity index (χ1) is 16.7. The van der Waals surface area contributed by atoms with Crippen LogP contribution in [0.2, 0.25) is 0 Å². The Labute approximate surface area is 206 Å². The summed E-state index contributed by atoms with van der Waals surface area (Å²) in [5.74, 6) is 0. The fourth-order valence-electron chi connectivity index (χ4n) is 3.34. The van der Waals surface area contributed by atoms with Crippen LogP contribution in [0, 0.1) is 0 Å². The molecule has 1 aromatic heterocycles. The van der Waals surface area contributed by atoms with Crippen LogP contribution in [0.15, 0.2) is 21.9 Å². The summed E-state index contributed by atoms with van der Waals surface area (Å²) in [5, 5.41) is 47.6. The minimum Gasteiger partial charge on any atom is -0.756 e. The van der Waals surface area contributed by atoms with Gasteiger partial charge in [0.05, 0.1) is 24.6 Å². The second-order valence-corrected chi connectivity index (χ2v) is 11.2. The molecule has 0 spiro atoms. The predicted octanol–water partition coefficient (Wildman–Crippen LogP) is -4.49. The molecule has 0 bridgehead atoms. The molecule has 36 heavy (non-hydrogen) atoms. The van der Waals surface area contributed by atoms with Crippen molar-refractivity contribution in [1.82, 2.24) is 9.55 Å². The molecule has 11 atom stereocenters. The predicted molar refractivity (Wildman–Crippen MR) is 113 cm³/mol. The van der Waals surface area contributed by atoms with E-state index in [-0.39, 0.29) is 0 Å². The van der Waals surface area contributed by atoms with Gasteiger partial charge in [0, 0.05) is 12.3 Å². The van der Waals surface area contributed by atoms with Crippen LogP contribution in [0.5, 0.6) is 0 Å². The van der Waals surface area contributed by atoms with Gasteiger partial charge in [0.15, 0.2) is 12.5 Å². The van der Waals surface area contributed by atoms with Gasteiger partial charge in [-0.3, -0.25) is 28.0 Å². The van der Waals surface area contributed by atoms with Gasteiger partial charge in [0.1, 0.15) is 30.5 Å². The molecule has 2 saturated heterocycles. The molecule has 1 aromatic rings. The number of H-pyrrole nitrogens is 1. The van der Waals surface area contributed by atoms with E-state index in [4.69, 9.17) is 14.6 Å². The molecule has 0 amide bonds. The Morgan fingerprint density at radius 2 is 1.72 bits per heavy atom. The Morgan fingerprint density at radius 3 is 2.33 bits per heavy atom. The van der Waals surface area contributed by atoms with Gasteiger partial charge in [-0.05, 0) is 0 Å². The summed E-state index contributed by atoms with van der Waals surface area (Å²) in [6.45, 7) is -1.86. The van der Waals surface area contributed by atoms with Crippen LogP contribution in [-0.4, -0.2) is 101 Å². The third kappa shape index (κ3) is 6.71. The zero-order chi connectivity index (χ0) is 27.0. The number of rotatable bonds is 9. The molecular weight excluding hydrogens is 558 g/mol. The molecule has 0 aromatic carbocycles. The summed E-state index contributed by atoms with van der Waals surface area (Å²) in [6, 6.07) is 0.934. The normalized spacial score (nSPS) is 38.4. The molecule has 206 valence electrons. The van der Waals surface area contributed by atoms with Crippen molar-refractivity contribution in [1.29, 1.82) is 0 Å². The lowest BCUT2D eigenvalue weighted by molar-refractivity contribution is -0.268. The SMILES string of the molecule is O=c1ccn([C@@H]2O[C@H](COP(=O)(O)OP(=O)([O-])O[C@@H]3OC(CO)[C@H](O)[C@H](O)C3S)[C@H](O)C2O)c(=O)[nH]1. The number of aromatic nitrogens is 2. The number of ether oxygens (including phenoxy) is 2. The molecule has 3 rings (SSSR count). The quantitative estimate of drug-likeness (QED) is 0.101. The van der Waals surface area contributed by atoms with E-state index < -0.39 is 94.5 Å². The lowest BCUT2D eigenvalue weighted by atomic mass is 10.0. The van der Waals surface area contributed by atoms with E-state index in [0.717, 1.165) is 16.8 Å². The summed E-state index contributed by atoms with van der Waals surface area (Å²) < 4.78 is 48.2. The number of aliphatic hydroxyl groups excluding tert-OH is 5. The molecule has 2 fully saturated rings. The molecule has 7 N–H and O–H groups in total. The maximum atomic E-state index is 12.2. The fourth-order valence-corrected chi connectivity index (χ4v) is 5.87. The van der Waals surface area contributed by atoms with Gasteiger partial charge >= 0.3 is 13.5 Å². The number of phosphoric acid groups is 2. The molecule has 0 radical (unpaired) electrons. The fraction of sp³-hybridized carbons (Fsp3) is 0.733. The Hall–Kier alpha value is -0.990. The van der Waals surface area contributed by atoms with Gasteiger partial charge in [0.25, 0.3) is 13.4 Å². The lowest BCUT2D eigenvalue weighted by Crippen LogP contribution is -2.57. The van der Waals surface area contributed by atoms with E-state index in [9.17, 15) is 48.9 Å². The number of aromatic amines is 1. The molecular formula is C15H23N2O16P2S-. The number of nitrogens with one attached hydrogen (secondary N) is 1. The lowest BCUT2D eigenvalue weighted by Gasteiger charge is -2.41. The topological polar surface area (TPSA) is 280 Å². The summed E-state index contributed by atoms with van der Waals surface area (Å²) in [6.07, 6.45) is -12.4. The van der Waals surface area contributed by atoms with E-state index in [0.29, 0.717) is 0 Å². The average molecular weight is 581 g/mol. The van der Waals surface area contributed by atoms with E-state index >= 15 is 0 Å². The van der Waals surface area contributed by atoms with Crippen LogP contribution in [0.1, 0.15) is 6.23 Å². The second kappa shape index (κ2) is 11.4. The summed E-state index contributed by atoms with van der Waals surface area (Å²) in [5.41, 5.74) is -1.73. The van der Waals surface area contributed by atoms with Gasteiger partial charge in [-0.1, -0.05) is 0 Å². The van der Waals surface area contributed by atoms with Gasteiger partial charge < -0.3 is 44.8 Å². The van der Waals surface area contributed by atoms with Gasteiger partial charge in [-0.25, -0.2) is 13.7 Å². The Kier molecular flexibility index (Phi) is 9.36. The standard InChI is InChI=1S/C15H24N2O16P2S/c18-3-5-8(20)10(22)12(36)14(31-5)32-35(27,28)33-34(25,26)29-4-6-9(21)11(23)13(30-6)17-2-1-7(19)16-15(17)24/h1-2,5-6,8-14,18,20-23,36H,3-4H2,(H,25,26)(H,27,28)(H,16,19,24)/p-1/t5?,6-,8+,9+,10+,11?,12?,13-,14+/m1/s1. The van der Waals surface area contributed by atoms with E-state index in [1.807, 2.05) is 4.98 Å². The summed E-state index contributed by atoms with van der Waals surface area (Å²) >= 11 is 3.85. The number of phosphoric ester groups is 2. The highest BCUT2D eigenvalue weighted by molar-refractivity contribution is 7.81. The molecule has 2 aliphatic heterocycles. The molecule has 0 aliphatic carbocycles. The smallest absolute Gasteiger partial charge is 0.478 e. The highest BCUT2D eigenvalue weighted by atomic mass is 32.1. The zero-order valence-corrected chi connectivity index (χ0v) is 20.5. The van der Waals surface area contributed by atoms with Gasteiger partial charge in [-0.15, -0.1) is 0 Å². The Bertz CT molecular complexity index is 1130. The summed E-state index contributed by atoms with van der Waals surface area (Å²) in [4.78, 5) is 46.9. The maximum Gasteiger partial charge on any atom is 0.478 e.